The molecule has 0 saturated carbocycles. The first kappa shape index (κ1) is 40.7. The zero-order valence-electron chi connectivity index (χ0n) is 31.2. The number of halogens is 3. The van der Waals surface area contributed by atoms with Crippen molar-refractivity contribution in [3.8, 4) is 17.5 Å². The van der Waals surface area contributed by atoms with Gasteiger partial charge in [0.05, 0.1) is 11.6 Å². The molecule has 286 valence electrons. The van der Waals surface area contributed by atoms with Gasteiger partial charge >= 0.3 is 12.3 Å². The third-order valence-corrected chi connectivity index (χ3v) is 13.5. The SMILES string of the molecule is CCCC[C@H](NC(=O)O[C@H](CCc1nnc(-c2ccc(C(F)(F)F)cc2)o1)C(C)(C)C)C(=O)C(C#N)=P(c1ccccc1)(c1ccccc1)c1ccccc1. The maximum Gasteiger partial charge on any atom is 0.416 e. The second-order valence-electron chi connectivity index (χ2n) is 14.2. The number of alkyl carbamates (subject to hydrolysis) is 1. The average Bonchev–Trinajstić information content (AvgIpc) is 3.66. The summed E-state index contributed by atoms with van der Waals surface area (Å²) in [4.78, 5) is 28.6. The predicted octanol–water partition coefficient (Wildman–Crippen LogP) is 8.65. The number of unbranched alkanes of at least 4 members (excludes halogenated alkanes) is 1. The number of amides is 1. The molecule has 1 heterocycles. The molecule has 4 aromatic carbocycles. The van der Waals surface area contributed by atoms with Crippen LogP contribution >= 0.6 is 6.89 Å². The fourth-order valence-electron chi connectivity index (χ4n) is 6.43. The lowest BCUT2D eigenvalue weighted by Gasteiger charge is -2.32. The number of nitrogens with one attached hydrogen (secondary N) is 1. The smallest absolute Gasteiger partial charge is 0.416 e. The van der Waals surface area contributed by atoms with E-state index in [9.17, 15) is 28.0 Å². The van der Waals surface area contributed by atoms with E-state index in [0.29, 0.717) is 18.4 Å². The van der Waals surface area contributed by atoms with Crippen LogP contribution < -0.4 is 21.2 Å². The molecule has 0 spiro atoms. The van der Waals surface area contributed by atoms with E-state index >= 15 is 0 Å². The summed E-state index contributed by atoms with van der Waals surface area (Å²) < 4.78 is 50.8. The Balaban J connectivity index is 1.43. The van der Waals surface area contributed by atoms with Gasteiger partial charge in [-0.05, 0) is 65.3 Å². The molecule has 0 aliphatic heterocycles. The summed E-state index contributed by atoms with van der Waals surface area (Å²) in [5.74, 6) is -0.177. The molecule has 2 atom stereocenters. The van der Waals surface area contributed by atoms with Crippen LogP contribution in [0.5, 0.6) is 0 Å². The van der Waals surface area contributed by atoms with Gasteiger partial charge in [-0.1, -0.05) is 132 Å². The van der Waals surface area contributed by atoms with E-state index in [1.54, 1.807) is 0 Å². The molecule has 0 aliphatic rings. The van der Waals surface area contributed by atoms with Crippen LogP contribution in [0.3, 0.4) is 0 Å². The van der Waals surface area contributed by atoms with Crippen LogP contribution in [-0.4, -0.2) is 39.5 Å². The van der Waals surface area contributed by atoms with Crippen LogP contribution in [0.1, 0.15) is 64.8 Å². The number of aryl methyl sites for hydroxylation is 1. The summed E-state index contributed by atoms with van der Waals surface area (Å²) in [5, 5.41) is 24.5. The summed E-state index contributed by atoms with van der Waals surface area (Å²) >= 11 is 0. The molecule has 0 radical (unpaired) electrons. The van der Waals surface area contributed by atoms with Crippen molar-refractivity contribution in [2.24, 2.45) is 5.41 Å². The molecule has 0 bridgehead atoms. The van der Waals surface area contributed by atoms with E-state index in [-0.39, 0.29) is 29.9 Å². The summed E-state index contributed by atoms with van der Waals surface area (Å²) in [6.45, 7) is 4.68. The number of nitrogens with zero attached hydrogens (tertiary/aromatic N) is 3. The molecule has 1 N–H and O–H groups in total. The number of Topliss-reactive ketones (excluding diaryl/α,β-unsaturated/α-hetero) is 1. The fraction of sp³-hybridized carbons (Fsp3) is 0.302. The highest BCUT2D eigenvalue weighted by Crippen LogP contribution is 2.46. The van der Waals surface area contributed by atoms with Crippen LogP contribution in [0.15, 0.2) is 120 Å². The highest BCUT2D eigenvalue weighted by atomic mass is 31.2. The molecule has 0 aliphatic carbocycles. The Morgan fingerprint density at radius 3 is 1.80 bits per heavy atom. The first-order valence-corrected chi connectivity index (χ1v) is 19.9. The molecule has 55 heavy (non-hydrogen) atoms. The topological polar surface area (TPSA) is 118 Å². The van der Waals surface area contributed by atoms with Gasteiger partial charge in [-0.25, -0.2) is 4.79 Å². The van der Waals surface area contributed by atoms with Gasteiger partial charge in [-0.15, -0.1) is 10.2 Å². The second-order valence-corrected chi connectivity index (χ2v) is 17.6. The number of ether oxygens (including phenoxy) is 1. The van der Waals surface area contributed by atoms with Crippen molar-refractivity contribution in [2.45, 2.75) is 78.1 Å². The number of hydrogen-bond donors (Lipinski definition) is 1. The van der Waals surface area contributed by atoms with Crippen LogP contribution in [0.4, 0.5) is 18.0 Å². The van der Waals surface area contributed by atoms with Gasteiger partial charge < -0.3 is 14.5 Å². The van der Waals surface area contributed by atoms with E-state index in [1.807, 2.05) is 119 Å². The Hall–Kier alpha value is -5.46. The number of aromatic nitrogens is 2. The quantitative estimate of drug-likeness (QED) is 0.112. The summed E-state index contributed by atoms with van der Waals surface area (Å²) in [7, 11) is 0. The summed E-state index contributed by atoms with van der Waals surface area (Å²) in [6.07, 6.45) is -3.78. The lowest BCUT2D eigenvalue weighted by atomic mass is 9.86. The van der Waals surface area contributed by atoms with Crippen molar-refractivity contribution in [2.75, 3.05) is 0 Å². The molecule has 1 aromatic heterocycles. The van der Waals surface area contributed by atoms with Crippen LogP contribution in [0.2, 0.25) is 0 Å². The molecule has 0 fully saturated rings. The van der Waals surface area contributed by atoms with E-state index in [2.05, 4.69) is 21.6 Å². The number of carbonyl (C=O) groups excluding carboxylic acids is 2. The van der Waals surface area contributed by atoms with E-state index in [0.717, 1.165) is 34.5 Å². The van der Waals surface area contributed by atoms with Gasteiger partial charge in [0.2, 0.25) is 11.8 Å². The van der Waals surface area contributed by atoms with E-state index < -0.39 is 48.1 Å². The monoisotopic (exact) mass is 768 g/mol. The third kappa shape index (κ3) is 9.62. The fourth-order valence-corrected chi connectivity index (χ4v) is 10.6. The number of ketones is 1. The Labute approximate surface area is 319 Å². The predicted molar refractivity (Wildman–Crippen MR) is 210 cm³/mol. The third-order valence-electron chi connectivity index (χ3n) is 9.32. The first-order chi connectivity index (χ1) is 26.3. The Morgan fingerprint density at radius 1 is 0.818 bits per heavy atom. The largest absolute Gasteiger partial charge is 0.446 e. The lowest BCUT2D eigenvalue weighted by molar-refractivity contribution is -0.137. The molecule has 12 heteroatoms. The maximum atomic E-state index is 14.9. The normalized spacial score (nSPS) is 13.0. The van der Waals surface area contributed by atoms with Crippen molar-refractivity contribution in [3.05, 3.63) is 127 Å². The van der Waals surface area contributed by atoms with Crippen LogP contribution in [0.25, 0.3) is 11.5 Å². The van der Waals surface area contributed by atoms with Crippen LogP contribution in [-0.2, 0) is 22.1 Å². The number of nitriles is 1. The first-order valence-electron chi connectivity index (χ1n) is 18.1. The second kappa shape index (κ2) is 17.8. The van der Waals surface area contributed by atoms with Crippen molar-refractivity contribution in [1.29, 1.82) is 5.26 Å². The lowest BCUT2D eigenvalue weighted by Crippen LogP contribution is -2.47. The van der Waals surface area contributed by atoms with Crippen molar-refractivity contribution < 1.29 is 31.9 Å². The molecule has 5 aromatic rings. The standard InChI is InChI=1S/C43H44F3N4O4P/c1-5-6-22-35(39(51)36(29-47)55(32-16-10-7-11-17-32,33-18-12-8-13-19-33)34-20-14-9-15-21-34)48-41(52)53-37(42(2,3)4)27-28-38-49-50-40(54-38)30-23-25-31(26-24-30)43(44,45)46/h7-21,23-26,35,37H,5-6,22,27-28H2,1-4H3,(H,48,52)/t35-,37+/m0/s1. The van der Waals surface area contributed by atoms with Gasteiger partial charge in [0, 0.05) is 12.0 Å². The van der Waals surface area contributed by atoms with Crippen molar-refractivity contribution in [1.82, 2.24) is 15.5 Å². The number of alkyl halides is 3. The van der Waals surface area contributed by atoms with Crippen molar-refractivity contribution >= 4 is 40.0 Å². The summed E-state index contributed by atoms with van der Waals surface area (Å²) in [5.41, 5.74) is -0.997. The van der Waals surface area contributed by atoms with Crippen molar-refractivity contribution in [3.63, 3.8) is 0 Å². The maximum absolute atomic E-state index is 14.9. The minimum atomic E-state index is -4.47. The van der Waals surface area contributed by atoms with Gasteiger partial charge in [-0.3, -0.25) is 4.79 Å². The Morgan fingerprint density at radius 2 is 1.35 bits per heavy atom. The van der Waals surface area contributed by atoms with Gasteiger partial charge in [-0.2, -0.15) is 18.4 Å². The molecule has 1 amide bonds. The number of hydrogen-bond acceptors (Lipinski definition) is 7. The molecule has 0 unspecified atom stereocenters. The van der Waals surface area contributed by atoms with Gasteiger partial charge in [0.1, 0.15) is 17.5 Å². The minimum absolute atomic E-state index is 0.0666. The zero-order chi connectivity index (χ0) is 39.6. The van der Waals surface area contributed by atoms with Gasteiger partial charge in [0.25, 0.3) is 0 Å². The highest BCUT2D eigenvalue weighted by molar-refractivity contribution is 7.97. The molecule has 5 rings (SSSR count). The minimum Gasteiger partial charge on any atom is -0.446 e. The zero-order valence-corrected chi connectivity index (χ0v) is 32.1. The number of benzene rings is 4. The Kier molecular flexibility index (Phi) is 13.2. The average molecular weight is 769 g/mol. The van der Waals surface area contributed by atoms with E-state index in [4.69, 9.17) is 9.15 Å². The van der Waals surface area contributed by atoms with E-state index in [1.165, 1.54) is 12.1 Å². The molecule has 0 saturated heterocycles. The molecule has 8 nitrogen and oxygen atoms in total. The van der Waals surface area contributed by atoms with Gasteiger partial charge in [0.15, 0.2) is 5.78 Å². The molecular weight excluding hydrogens is 724 g/mol. The summed E-state index contributed by atoms with van der Waals surface area (Å²) in [6, 6.07) is 34.5. The van der Waals surface area contributed by atoms with Crippen LogP contribution in [0, 0.1) is 16.7 Å². The number of rotatable bonds is 14. The highest BCUT2D eigenvalue weighted by Gasteiger charge is 2.37. The Bertz CT molecular complexity index is 2040. The number of carbonyl (C=O) groups is 2. The molecular formula is C43H44F3N4O4P.